The van der Waals surface area contributed by atoms with Crippen molar-refractivity contribution in [1.82, 2.24) is 8.88 Å². The fraction of sp³-hybridized carbons (Fsp3) is 0.357. The third-order valence-corrected chi connectivity index (χ3v) is 8.47. The molecule has 3 aromatic rings. The average Bonchev–Trinajstić information content (AvgIpc) is 3.26. The van der Waals surface area contributed by atoms with Crippen molar-refractivity contribution in [3.05, 3.63) is 64.4 Å². The van der Waals surface area contributed by atoms with E-state index in [-0.39, 0.29) is 25.9 Å². The van der Waals surface area contributed by atoms with Crippen molar-refractivity contribution in [2.45, 2.75) is 58.3 Å². The number of hydrogen-bond acceptors (Lipinski definition) is 11. The van der Waals surface area contributed by atoms with E-state index in [1.165, 1.54) is 12.1 Å². The first-order valence-electron chi connectivity index (χ1n) is 12.8. The van der Waals surface area contributed by atoms with Crippen LogP contribution in [-0.2, 0) is 42.9 Å². The minimum absolute atomic E-state index is 0.129. The zero-order valence-corrected chi connectivity index (χ0v) is 24.8. The van der Waals surface area contributed by atoms with Crippen LogP contribution in [0.15, 0.2) is 53.3 Å². The van der Waals surface area contributed by atoms with E-state index in [2.05, 4.69) is 5.32 Å². The smallest absolute Gasteiger partial charge is 0.253 e. The van der Waals surface area contributed by atoms with Crippen molar-refractivity contribution in [3.63, 3.8) is 0 Å². The summed E-state index contributed by atoms with van der Waals surface area (Å²) in [6.07, 6.45) is -5.44. The molecule has 1 fully saturated rings. The second-order valence-corrected chi connectivity index (χ2v) is 11.4. The van der Waals surface area contributed by atoms with Gasteiger partial charge in [0.25, 0.3) is 0 Å². The van der Waals surface area contributed by atoms with Gasteiger partial charge in [-0.3, -0.25) is 9.59 Å². The van der Waals surface area contributed by atoms with Crippen LogP contribution in [0.5, 0.6) is 0 Å². The Kier molecular flexibility index (Phi) is 9.61. The monoisotopic (exact) mass is 648 g/mol. The van der Waals surface area contributed by atoms with Crippen molar-refractivity contribution in [2.24, 2.45) is 0 Å². The van der Waals surface area contributed by atoms with Crippen molar-refractivity contribution in [3.8, 4) is 5.69 Å². The summed E-state index contributed by atoms with van der Waals surface area (Å²) >= 11 is -0.264. The second-order valence-electron chi connectivity index (χ2n) is 9.34. The number of amides is 1. The minimum Gasteiger partial charge on any atom is -0.253 e. The molecule has 5 atom stereocenters. The van der Waals surface area contributed by atoms with Crippen LogP contribution in [0.1, 0.15) is 38.1 Å². The number of hydrogen-bond donors (Lipinski definition) is 1. The van der Waals surface area contributed by atoms with Crippen LogP contribution in [0.3, 0.4) is 0 Å². The summed E-state index contributed by atoms with van der Waals surface area (Å²) in [6, 6.07) is 12.3. The Morgan fingerprint density at radius 1 is 0.833 bits per heavy atom. The van der Waals surface area contributed by atoms with E-state index in [1.54, 1.807) is 27.8 Å². The molecule has 0 unspecified atom stereocenters. The summed E-state index contributed by atoms with van der Waals surface area (Å²) in [5, 5.41) is 3.29. The molecule has 0 spiro atoms. The van der Waals surface area contributed by atoms with Gasteiger partial charge in [0.1, 0.15) is 0 Å². The minimum atomic E-state index is -1.51. The Balaban J connectivity index is 1.63. The van der Waals surface area contributed by atoms with E-state index < -0.39 is 67.0 Å². The standard InChI is InChI=1S/C28H28N2O11Se/c1-14(31)37-13-21-24(38-15(2)32)25(39-16(3)33)23(28(41-21)40-17(4)34)29-26(35)18-9-11-19(12-10-18)30-27(36)20-7-5-6-8-22(20)42-30/h5-12,21,23-25,28H,13H2,1-4H3,(H,29,35)/t21-,23-,24-,25-,28-/m1/s1. The van der Waals surface area contributed by atoms with Gasteiger partial charge in [-0.2, -0.15) is 0 Å². The number of esters is 4. The topological polar surface area (TPSA) is 166 Å². The Labute approximate surface area is 245 Å². The van der Waals surface area contributed by atoms with E-state index in [0.29, 0.717) is 11.1 Å². The summed E-state index contributed by atoms with van der Waals surface area (Å²) in [4.78, 5) is 73.6. The molecule has 1 amide bonds. The predicted octanol–water partition coefficient (Wildman–Crippen LogP) is 0.861. The van der Waals surface area contributed by atoms with Crippen LogP contribution in [0.4, 0.5) is 0 Å². The molecule has 14 heteroatoms. The van der Waals surface area contributed by atoms with Gasteiger partial charge in [0.2, 0.25) is 0 Å². The molecule has 13 nitrogen and oxygen atoms in total. The molecule has 1 aromatic heterocycles. The Morgan fingerprint density at radius 2 is 1.45 bits per heavy atom. The summed E-state index contributed by atoms with van der Waals surface area (Å²) < 4.78 is 29.5. The van der Waals surface area contributed by atoms with Crippen LogP contribution in [-0.4, -0.2) is 85.3 Å². The maximum absolute atomic E-state index is 13.4. The molecular formula is C28H28N2O11Se. The third-order valence-electron chi connectivity index (χ3n) is 6.14. The SMILES string of the molecule is CC(=O)OC[C@H]1O[C@@H](OC(C)=O)[C@H](NC(=O)c2ccc(-n3[se]c4ccccc4c3=O)cc2)[C@@H](OC(C)=O)[C@@H]1OC(C)=O. The average molecular weight is 647 g/mol. The van der Waals surface area contributed by atoms with Crippen LogP contribution in [0.2, 0.25) is 0 Å². The molecule has 42 heavy (non-hydrogen) atoms. The van der Waals surface area contributed by atoms with Gasteiger partial charge >= 0.3 is 218 Å². The van der Waals surface area contributed by atoms with Crippen molar-refractivity contribution >= 4 is 54.2 Å². The van der Waals surface area contributed by atoms with Gasteiger partial charge in [0.15, 0.2) is 0 Å². The van der Waals surface area contributed by atoms with E-state index >= 15 is 0 Å². The molecule has 0 saturated carbocycles. The van der Waals surface area contributed by atoms with E-state index in [9.17, 15) is 28.8 Å². The fourth-order valence-corrected chi connectivity index (χ4v) is 6.54. The molecule has 0 radical (unpaired) electrons. The number of aromatic nitrogens is 1. The zero-order chi connectivity index (χ0) is 30.6. The van der Waals surface area contributed by atoms with Gasteiger partial charge in [0, 0.05) is 13.8 Å². The van der Waals surface area contributed by atoms with Crippen LogP contribution in [0.25, 0.3) is 15.3 Å². The van der Waals surface area contributed by atoms with Crippen LogP contribution in [0, 0.1) is 0 Å². The molecule has 1 aliphatic heterocycles. The summed E-state index contributed by atoms with van der Waals surface area (Å²) in [5.41, 5.74) is 0.646. The molecular weight excluding hydrogens is 619 g/mol. The van der Waals surface area contributed by atoms with Gasteiger partial charge in [0.05, 0.1) is 0 Å². The molecule has 1 N–H and O–H groups in total. The van der Waals surface area contributed by atoms with Crippen molar-refractivity contribution in [1.29, 1.82) is 0 Å². The number of ether oxygens (including phenoxy) is 5. The number of carbonyl (C=O) groups is 5. The molecule has 0 bridgehead atoms. The van der Waals surface area contributed by atoms with Crippen molar-refractivity contribution < 1.29 is 47.7 Å². The second kappa shape index (κ2) is 13.1. The number of nitrogens with zero attached hydrogens (tertiary/aromatic N) is 1. The summed E-state index contributed by atoms with van der Waals surface area (Å²) in [6.45, 7) is 4.07. The Bertz CT molecular complexity index is 1560. The van der Waals surface area contributed by atoms with E-state index in [4.69, 9.17) is 23.7 Å². The zero-order valence-electron chi connectivity index (χ0n) is 23.1. The molecule has 1 aliphatic rings. The molecule has 4 rings (SSSR count). The first-order valence-corrected chi connectivity index (χ1v) is 14.4. The first kappa shape index (κ1) is 30.7. The van der Waals surface area contributed by atoms with Gasteiger partial charge in [-0.25, -0.2) is 0 Å². The Morgan fingerprint density at radius 3 is 2.05 bits per heavy atom. The predicted molar refractivity (Wildman–Crippen MR) is 146 cm³/mol. The van der Waals surface area contributed by atoms with E-state index in [0.717, 1.165) is 32.0 Å². The molecule has 2 heterocycles. The molecule has 1 saturated heterocycles. The number of nitrogens with one attached hydrogen (secondary N) is 1. The quantitative estimate of drug-likeness (QED) is 0.209. The number of benzene rings is 2. The third kappa shape index (κ3) is 7.14. The molecule has 222 valence electrons. The Hall–Kier alpha value is -4.26. The number of carbonyl (C=O) groups excluding carboxylic acids is 5. The first-order chi connectivity index (χ1) is 19.9. The summed E-state index contributed by atoms with van der Waals surface area (Å²) in [5.74, 6) is -3.65. The fourth-order valence-electron chi connectivity index (χ4n) is 4.45. The van der Waals surface area contributed by atoms with E-state index in [1.807, 2.05) is 12.1 Å². The summed E-state index contributed by atoms with van der Waals surface area (Å²) in [7, 11) is 0. The van der Waals surface area contributed by atoms with Crippen LogP contribution >= 0.6 is 0 Å². The maximum atomic E-state index is 13.4. The molecule has 2 aromatic carbocycles. The normalized spacial score (nSPS) is 21.7. The van der Waals surface area contributed by atoms with Crippen LogP contribution < -0.4 is 10.9 Å². The van der Waals surface area contributed by atoms with Gasteiger partial charge in [-0.05, 0) is 0 Å². The van der Waals surface area contributed by atoms with Gasteiger partial charge in [-0.15, -0.1) is 0 Å². The van der Waals surface area contributed by atoms with Gasteiger partial charge in [-0.1, -0.05) is 0 Å². The molecule has 0 aliphatic carbocycles. The number of fused-ring (bicyclic) bond motifs is 1. The number of rotatable bonds is 8. The van der Waals surface area contributed by atoms with Crippen molar-refractivity contribution in [2.75, 3.05) is 6.61 Å². The van der Waals surface area contributed by atoms with Gasteiger partial charge < -0.3 is 4.74 Å².